The van der Waals surface area contributed by atoms with Gasteiger partial charge in [-0.15, -0.1) is 0 Å². The van der Waals surface area contributed by atoms with Crippen LogP contribution in [0.2, 0.25) is 0 Å². The number of methoxy groups -OCH3 is 3. The summed E-state index contributed by atoms with van der Waals surface area (Å²) < 4.78 is 22.2. The standard InChI is InChI=1S/C19H21IN2O5/c1-5-27-17-9-12(8-14(20)18(17)26-4)11-21-22-19(23)13-6-7-15(24-2)16(10-13)25-3/h6-11H,5H2,1-4H3,(H,22,23)/b21-11+. The molecule has 0 bridgehead atoms. The highest BCUT2D eigenvalue weighted by Crippen LogP contribution is 2.33. The fourth-order valence-corrected chi connectivity index (χ4v) is 3.18. The first-order valence-electron chi connectivity index (χ1n) is 8.09. The van der Waals surface area contributed by atoms with Gasteiger partial charge in [-0.1, -0.05) is 0 Å². The van der Waals surface area contributed by atoms with Gasteiger partial charge < -0.3 is 18.9 Å². The van der Waals surface area contributed by atoms with Gasteiger partial charge in [0.2, 0.25) is 0 Å². The molecule has 27 heavy (non-hydrogen) atoms. The maximum Gasteiger partial charge on any atom is 0.271 e. The molecule has 0 aliphatic rings. The minimum atomic E-state index is -0.361. The fraction of sp³-hybridized carbons (Fsp3) is 0.263. The molecule has 0 atom stereocenters. The number of benzene rings is 2. The highest BCUT2D eigenvalue weighted by molar-refractivity contribution is 14.1. The van der Waals surface area contributed by atoms with E-state index in [0.29, 0.717) is 35.2 Å². The molecule has 0 saturated heterocycles. The van der Waals surface area contributed by atoms with Crippen molar-refractivity contribution in [2.45, 2.75) is 6.92 Å². The summed E-state index contributed by atoms with van der Waals surface area (Å²) in [6, 6.07) is 8.57. The average molecular weight is 484 g/mol. The molecule has 0 heterocycles. The second-order valence-electron chi connectivity index (χ2n) is 5.24. The van der Waals surface area contributed by atoms with Crippen LogP contribution in [-0.2, 0) is 0 Å². The topological polar surface area (TPSA) is 78.4 Å². The third-order valence-corrected chi connectivity index (χ3v) is 4.36. The van der Waals surface area contributed by atoms with Crippen LogP contribution >= 0.6 is 22.6 Å². The lowest BCUT2D eigenvalue weighted by Crippen LogP contribution is -2.17. The third kappa shape index (κ3) is 5.25. The fourth-order valence-electron chi connectivity index (χ4n) is 2.33. The number of carbonyl (C=O) groups is 1. The molecule has 0 radical (unpaired) electrons. The zero-order chi connectivity index (χ0) is 19.8. The van der Waals surface area contributed by atoms with Gasteiger partial charge in [0.25, 0.3) is 5.91 Å². The van der Waals surface area contributed by atoms with E-state index in [9.17, 15) is 4.79 Å². The minimum Gasteiger partial charge on any atom is -0.493 e. The summed E-state index contributed by atoms with van der Waals surface area (Å²) in [5.41, 5.74) is 3.68. The van der Waals surface area contributed by atoms with Gasteiger partial charge in [0.15, 0.2) is 23.0 Å². The van der Waals surface area contributed by atoms with Crippen molar-refractivity contribution in [2.24, 2.45) is 5.10 Å². The highest BCUT2D eigenvalue weighted by Gasteiger charge is 2.11. The Balaban J connectivity index is 2.14. The molecule has 0 aliphatic heterocycles. The van der Waals surface area contributed by atoms with Gasteiger partial charge in [-0.3, -0.25) is 4.79 Å². The van der Waals surface area contributed by atoms with Crippen molar-refractivity contribution in [2.75, 3.05) is 27.9 Å². The molecule has 0 saturated carbocycles. The van der Waals surface area contributed by atoms with Crippen LogP contribution in [0.5, 0.6) is 23.0 Å². The molecule has 0 aliphatic carbocycles. The first kappa shape index (κ1) is 20.8. The van der Waals surface area contributed by atoms with Gasteiger partial charge in [0, 0.05) is 5.56 Å². The number of rotatable bonds is 8. The molecule has 0 spiro atoms. The smallest absolute Gasteiger partial charge is 0.271 e. The van der Waals surface area contributed by atoms with E-state index in [-0.39, 0.29) is 5.91 Å². The Hall–Kier alpha value is -2.49. The van der Waals surface area contributed by atoms with Gasteiger partial charge in [-0.2, -0.15) is 5.10 Å². The third-order valence-electron chi connectivity index (χ3n) is 3.56. The van der Waals surface area contributed by atoms with Gasteiger partial charge in [0.1, 0.15) is 0 Å². The van der Waals surface area contributed by atoms with Crippen LogP contribution in [0.15, 0.2) is 35.4 Å². The molecular weight excluding hydrogens is 463 g/mol. The molecule has 1 N–H and O–H groups in total. The van der Waals surface area contributed by atoms with Gasteiger partial charge in [0.05, 0.1) is 37.7 Å². The van der Waals surface area contributed by atoms with Crippen LogP contribution in [0, 0.1) is 3.57 Å². The molecule has 144 valence electrons. The molecule has 2 aromatic rings. The highest BCUT2D eigenvalue weighted by atomic mass is 127. The number of hydrazone groups is 1. The predicted molar refractivity (Wildman–Crippen MR) is 111 cm³/mol. The summed E-state index contributed by atoms with van der Waals surface area (Å²) in [6.45, 7) is 2.42. The number of nitrogens with zero attached hydrogens (tertiary/aromatic N) is 1. The van der Waals surface area contributed by atoms with Crippen molar-refractivity contribution in [3.8, 4) is 23.0 Å². The summed E-state index contributed by atoms with van der Waals surface area (Å²) >= 11 is 2.16. The maximum absolute atomic E-state index is 12.3. The lowest BCUT2D eigenvalue weighted by molar-refractivity contribution is 0.0954. The quantitative estimate of drug-likeness (QED) is 0.353. The number of carbonyl (C=O) groups excluding carboxylic acids is 1. The molecule has 0 unspecified atom stereocenters. The van der Waals surface area contributed by atoms with Crippen molar-refractivity contribution >= 4 is 34.7 Å². The van der Waals surface area contributed by atoms with Gasteiger partial charge in [-0.25, -0.2) is 5.43 Å². The monoisotopic (exact) mass is 484 g/mol. The second kappa shape index (κ2) is 10.0. The van der Waals surface area contributed by atoms with E-state index in [1.807, 2.05) is 13.0 Å². The molecule has 7 nitrogen and oxygen atoms in total. The van der Waals surface area contributed by atoms with E-state index < -0.39 is 0 Å². The van der Waals surface area contributed by atoms with Gasteiger partial charge in [-0.05, 0) is 65.4 Å². The lowest BCUT2D eigenvalue weighted by atomic mass is 10.2. The van der Waals surface area contributed by atoms with E-state index in [0.717, 1.165) is 9.13 Å². The van der Waals surface area contributed by atoms with E-state index in [1.54, 1.807) is 37.6 Å². The van der Waals surface area contributed by atoms with E-state index in [4.69, 9.17) is 18.9 Å². The van der Waals surface area contributed by atoms with Crippen molar-refractivity contribution < 1.29 is 23.7 Å². The minimum absolute atomic E-state index is 0.361. The number of nitrogens with one attached hydrogen (secondary N) is 1. The van der Waals surface area contributed by atoms with Crippen molar-refractivity contribution in [3.05, 3.63) is 45.0 Å². The maximum atomic E-state index is 12.3. The average Bonchev–Trinajstić information content (AvgIpc) is 2.67. The molecule has 0 aromatic heterocycles. The predicted octanol–water partition coefficient (Wildman–Crippen LogP) is 3.48. The Labute approximate surface area is 171 Å². The summed E-state index contributed by atoms with van der Waals surface area (Å²) in [4.78, 5) is 12.3. The van der Waals surface area contributed by atoms with Crippen LogP contribution in [0.25, 0.3) is 0 Å². The normalized spacial score (nSPS) is 10.6. The molecule has 0 fully saturated rings. The van der Waals surface area contributed by atoms with E-state index in [1.165, 1.54) is 14.2 Å². The summed E-state index contributed by atoms with van der Waals surface area (Å²) in [7, 11) is 4.64. The van der Waals surface area contributed by atoms with Crippen LogP contribution in [0.1, 0.15) is 22.8 Å². The van der Waals surface area contributed by atoms with E-state index >= 15 is 0 Å². The molecular formula is C19H21IN2O5. The Morgan fingerprint density at radius 1 is 1.07 bits per heavy atom. The van der Waals surface area contributed by atoms with Crippen LogP contribution in [0.4, 0.5) is 0 Å². The number of hydrogen-bond acceptors (Lipinski definition) is 6. The van der Waals surface area contributed by atoms with Gasteiger partial charge >= 0.3 is 0 Å². The van der Waals surface area contributed by atoms with Crippen molar-refractivity contribution in [1.29, 1.82) is 0 Å². The molecule has 2 rings (SSSR count). The number of ether oxygens (including phenoxy) is 4. The lowest BCUT2D eigenvalue weighted by Gasteiger charge is -2.11. The molecule has 2 aromatic carbocycles. The first-order valence-corrected chi connectivity index (χ1v) is 9.17. The molecule has 1 amide bonds. The number of hydrogen-bond donors (Lipinski definition) is 1. The van der Waals surface area contributed by atoms with E-state index in [2.05, 4.69) is 33.1 Å². The van der Waals surface area contributed by atoms with Crippen molar-refractivity contribution in [1.82, 2.24) is 5.43 Å². The Kier molecular flexibility index (Phi) is 7.71. The van der Waals surface area contributed by atoms with Crippen LogP contribution in [-0.4, -0.2) is 40.1 Å². The first-order chi connectivity index (χ1) is 13.0. The Morgan fingerprint density at radius 3 is 2.44 bits per heavy atom. The number of amides is 1. The summed E-state index contributed by atoms with van der Waals surface area (Å²) in [6.07, 6.45) is 1.54. The largest absolute Gasteiger partial charge is 0.493 e. The zero-order valence-electron chi connectivity index (χ0n) is 15.5. The number of halogens is 1. The Bertz CT molecular complexity index is 839. The SMILES string of the molecule is CCOc1cc(/C=N/NC(=O)c2ccc(OC)c(OC)c2)cc(I)c1OC. The van der Waals surface area contributed by atoms with Crippen LogP contribution in [0.3, 0.4) is 0 Å². The summed E-state index contributed by atoms with van der Waals surface area (Å²) in [5.74, 6) is 1.96. The van der Waals surface area contributed by atoms with Crippen molar-refractivity contribution in [3.63, 3.8) is 0 Å². The zero-order valence-corrected chi connectivity index (χ0v) is 17.7. The summed E-state index contributed by atoms with van der Waals surface area (Å²) in [5, 5.41) is 4.02. The van der Waals surface area contributed by atoms with Crippen LogP contribution < -0.4 is 24.4 Å². The Morgan fingerprint density at radius 2 is 1.81 bits per heavy atom. The second-order valence-corrected chi connectivity index (χ2v) is 6.40. The molecule has 8 heteroatoms.